The monoisotopic (exact) mass is 550 g/mol. The first-order valence-electron chi connectivity index (χ1n) is 12.7. The van der Waals surface area contributed by atoms with Crippen LogP contribution in [0.15, 0.2) is 79.4 Å². The van der Waals surface area contributed by atoms with Gasteiger partial charge in [0.1, 0.15) is 17.2 Å². The van der Waals surface area contributed by atoms with Gasteiger partial charge in [0.2, 0.25) is 0 Å². The molecule has 7 nitrogen and oxygen atoms in total. The zero-order valence-corrected chi connectivity index (χ0v) is 22.6. The number of esters is 3. The van der Waals surface area contributed by atoms with Crippen LogP contribution >= 0.6 is 11.6 Å². The van der Waals surface area contributed by atoms with Crippen LogP contribution in [0.3, 0.4) is 0 Å². The molecule has 0 aliphatic heterocycles. The summed E-state index contributed by atoms with van der Waals surface area (Å²) in [6.45, 7) is 6.22. The molecule has 0 atom stereocenters. The largest absolute Gasteiger partial charge is 0.494 e. The summed E-state index contributed by atoms with van der Waals surface area (Å²) in [6.07, 6.45) is 5.68. The maximum absolute atomic E-state index is 12.6. The van der Waals surface area contributed by atoms with Crippen LogP contribution in [0.5, 0.6) is 17.2 Å². The molecule has 0 aliphatic carbocycles. The zero-order chi connectivity index (χ0) is 28.0. The van der Waals surface area contributed by atoms with E-state index in [4.69, 9.17) is 30.5 Å². The second kappa shape index (κ2) is 15.3. The quantitative estimate of drug-likeness (QED) is 0.0923. The molecule has 0 spiro atoms. The highest BCUT2D eigenvalue weighted by atomic mass is 35.5. The van der Waals surface area contributed by atoms with Crippen LogP contribution in [-0.4, -0.2) is 31.1 Å². The molecule has 0 bridgehead atoms. The van der Waals surface area contributed by atoms with Crippen LogP contribution in [0, 0.1) is 0 Å². The minimum absolute atomic E-state index is 0.105. The fraction of sp³-hybridized carbons (Fsp3) is 0.258. The van der Waals surface area contributed by atoms with Crippen molar-refractivity contribution in [2.24, 2.45) is 0 Å². The van der Waals surface area contributed by atoms with Crippen LogP contribution in [0.2, 0.25) is 5.02 Å². The number of aryl methyl sites for hydroxylation is 1. The van der Waals surface area contributed by atoms with Crippen molar-refractivity contribution >= 4 is 29.5 Å². The standard InChI is InChI=1S/C31H31ClO7/c1-3-5-8-22-9-13-25(14-10-22)38-31(35)27-18-17-26(21-28(27)32)39-30(34)23-11-15-24(16-12-23)36-19-6-7-20-37-29(33)4-2/h4,9-18,21H,2-3,5-8,19-20H2,1H3. The molecule has 0 fully saturated rings. The van der Waals surface area contributed by atoms with E-state index in [1.807, 2.05) is 12.1 Å². The molecule has 0 N–H and O–H groups in total. The van der Waals surface area contributed by atoms with E-state index in [9.17, 15) is 14.4 Å². The molecule has 39 heavy (non-hydrogen) atoms. The third-order valence-electron chi connectivity index (χ3n) is 5.63. The molecule has 0 heterocycles. The third-order valence-corrected chi connectivity index (χ3v) is 5.95. The van der Waals surface area contributed by atoms with Gasteiger partial charge in [-0.3, -0.25) is 0 Å². The van der Waals surface area contributed by atoms with Crippen LogP contribution in [0.25, 0.3) is 0 Å². The Hall–Kier alpha value is -4.10. The predicted molar refractivity (Wildman–Crippen MR) is 149 cm³/mol. The molecular weight excluding hydrogens is 520 g/mol. The Kier molecular flexibility index (Phi) is 11.6. The number of halogens is 1. The molecule has 0 saturated heterocycles. The Morgan fingerprint density at radius 1 is 0.795 bits per heavy atom. The van der Waals surface area contributed by atoms with Gasteiger partial charge in [0.15, 0.2) is 0 Å². The molecule has 0 saturated carbocycles. The Morgan fingerprint density at radius 2 is 1.44 bits per heavy atom. The van der Waals surface area contributed by atoms with Crippen molar-refractivity contribution in [1.29, 1.82) is 0 Å². The first-order chi connectivity index (χ1) is 18.9. The summed E-state index contributed by atoms with van der Waals surface area (Å²) >= 11 is 6.29. The van der Waals surface area contributed by atoms with Crippen molar-refractivity contribution < 1.29 is 33.3 Å². The van der Waals surface area contributed by atoms with Gasteiger partial charge in [-0.2, -0.15) is 0 Å². The molecule has 3 rings (SSSR count). The minimum Gasteiger partial charge on any atom is -0.494 e. The number of rotatable bonds is 14. The Bertz CT molecular complexity index is 1270. The second-order valence-electron chi connectivity index (χ2n) is 8.62. The van der Waals surface area contributed by atoms with Crippen LogP contribution in [-0.2, 0) is 16.0 Å². The number of carbonyl (C=O) groups excluding carboxylic acids is 3. The van der Waals surface area contributed by atoms with E-state index in [-0.39, 0.29) is 16.3 Å². The van der Waals surface area contributed by atoms with E-state index >= 15 is 0 Å². The van der Waals surface area contributed by atoms with Gasteiger partial charge in [0, 0.05) is 12.1 Å². The lowest BCUT2D eigenvalue weighted by molar-refractivity contribution is -0.137. The van der Waals surface area contributed by atoms with E-state index in [2.05, 4.69) is 13.5 Å². The average molecular weight is 551 g/mol. The maximum atomic E-state index is 12.6. The van der Waals surface area contributed by atoms with Gasteiger partial charge in [0.25, 0.3) is 0 Å². The van der Waals surface area contributed by atoms with Crippen LogP contribution < -0.4 is 14.2 Å². The molecular formula is C31H31ClO7. The lowest BCUT2D eigenvalue weighted by Crippen LogP contribution is -2.11. The van der Waals surface area contributed by atoms with Gasteiger partial charge in [-0.15, -0.1) is 0 Å². The second-order valence-corrected chi connectivity index (χ2v) is 9.03. The SMILES string of the molecule is C=CC(=O)OCCCCOc1ccc(C(=O)Oc2ccc(C(=O)Oc3ccc(CCCC)cc3)c(Cl)c2)cc1. The van der Waals surface area contributed by atoms with Crippen molar-refractivity contribution in [3.05, 3.63) is 101 Å². The van der Waals surface area contributed by atoms with Gasteiger partial charge in [0.05, 0.1) is 29.4 Å². The highest BCUT2D eigenvalue weighted by Crippen LogP contribution is 2.25. The normalized spacial score (nSPS) is 10.4. The summed E-state index contributed by atoms with van der Waals surface area (Å²) in [5, 5.41) is 0.105. The molecule has 0 unspecified atom stereocenters. The van der Waals surface area contributed by atoms with Crippen LogP contribution in [0.1, 0.15) is 58.9 Å². The van der Waals surface area contributed by atoms with Crippen molar-refractivity contribution in [3.8, 4) is 17.2 Å². The molecule has 8 heteroatoms. The lowest BCUT2D eigenvalue weighted by atomic mass is 10.1. The molecule has 3 aromatic rings. The summed E-state index contributed by atoms with van der Waals surface area (Å²) in [4.78, 5) is 36.1. The van der Waals surface area contributed by atoms with E-state index in [1.165, 1.54) is 23.8 Å². The molecule has 0 radical (unpaired) electrons. The summed E-state index contributed by atoms with van der Waals surface area (Å²) in [5.41, 5.74) is 1.66. The summed E-state index contributed by atoms with van der Waals surface area (Å²) in [7, 11) is 0. The summed E-state index contributed by atoms with van der Waals surface area (Å²) in [5.74, 6) is -0.422. The van der Waals surface area contributed by atoms with Gasteiger partial charge in [-0.1, -0.05) is 43.7 Å². The smallest absolute Gasteiger partial charge is 0.345 e. The fourth-order valence-corrected chi connectivity index (χ4v) is 3.72. The van der Waals surface area contributed by atoms with Gasteiger partial charge in [-0.25, -0.2) is 14.4 Å². The van der Waals surface area contributed by atoms with E-state index in [0.717, 1.165) is 25.3 Å². The van der Waals surface area contributed by atoms with E-state index in [1.54, 1.807) is 36.4 Å². The van der Waals surface area contributed by atoms with E-state index in [0.29, 0.717) is 43.1 Å². The topological polar surface area (TPSA) is 88.1 Å². The first-order valence-corrected chi connectivity index (χ1v) is 13.1. The maximum Gasteiger partial charge on any atom is 0.345 e. The molecule has 0 amide bonds. The number of unbranched alkanes of at least 4 members (excludes halogenated alkanes) is 2. The van der Waals surface area contributed by atoms with Crippen molar-refractivity contribution in [2.45, 2.75) is 39.0 Å². The van der Waals surface area contributed by atoms with Crippen molar-refractivity contribution in [1.82, 2.24) is 0 Å². The van der Waals surface area contributed by atoms with Crippen molar-refractivity contribution in [3.63, 3.8) is 0 Å². The zero-order valence-electron chi connectivity index (χ0n) is 21.8. The number of benzene rings is 3. The van der Waals surface area contributed by atoms with Gasteiger partial charge in [-0.05, 0) is 79.8 Å². The number of carbonyl (C=O) groups is 3. The third kappa shape index (κ3) is 9.61. The highest BCUT2D eigenvalue weighted by molar-refractivity contribution is 6.33. The highest BCUT2D eigenvalue weighted by Gasteiger charge is 2.16. The minimum atomic E-state index is -0.604. The lowest BCUT2D eigenvalue weighted by Gasteiger charge is -2.10. The van der Waals surface area contributed by atoms with Crippen molar-refractivity contribution in [2.75, 3.05) is 13.2 Å². The number of ether oxygens (including phenoxy) is 4. The molecule has 204 valence electrons. The molecule has 3 aromatic carbocycles. The molecule has 0 aliphatic rings. The fourth-order valence-electron chi connectivity index (χ4n) is 3.47. The Balaban J connectivity index is 1.48. The number of hydrogen-bond acceptors (Lipinski definition) is 7. The number of hydrogen-bond donors (Lipinski definition) is 0. The predicted octanol–water partition coefficient (Wildman–Crippen LogP) is 7.01. The van der Waals surface area contributed by atoms with Gasteiger partial charge < -0.3 is 18.9 Å². The summed E-state index contributed by atoms with van der Waals surface area (Å²) in [6, 6.07) is 18.2. The average Bonchev–Trinajstić information content (AvgIpc) is 2.94. The van der Waals surface area contributed by atoms with Gasteiger partial charge >= 0.3 is 17.9 Å². The Morgan fingerprint density at radius 3 is 2.10 bits per heavy atom. The first kappa shape index (κ1) is 29.5. The van der Waals surface area contributed by atoms with E-state index < -0.39 is 17.9 Å². The van der Waals surface area contributed by atoms with Crippen LogP contribution in [0.4, 0.5) is 0 Å². The summed E-state index contributed by atoms with van der Waals surface area (Å²) < 4.78 is 21.4. The molecule has 0 aromatic heterocycles. The Labute approximate surface area is 233 Å².